The van der Waals surface area contributed by atoms with E-state index in [0.29, 0.717) is 5.92 Å². The lowest BCUT2D eigenvalue weighted by atomic mass is 10.0. The maximum absolute atomic E-state index is 5.62. The highest BCUT2D eigenvalue weighted by atomic mass is 32.1. The first-order valence-corrected chi connectivity index (χ1v) is 6.23. The third-order valence-electron chi connectivity index (χ3n) is 2.93. The highest BCUT2D eigenvalue weighted by molar-refractivity contribution is 7.19. The highest BCUT2D eigenvalue weighted by Gasteiger charge is 2.13. The van der Waals surface area contributed by atoms with E-state index < -0.39 is 0 Å². The number of rotatable bonds is 3. The van der Waals surface area contributed by atoms with Gasteiger partial charge in [0.15, 0.2) is 0 Å². The maximum Gasteiger partial charge on any atom is 0.0348 e. The van der Waals surface area contributed by atoms with Crippen LogP contribution in [0.4, 0.5) is 0 Å². The summed E-state index contributed by atoms with van der Waals surface area (Å²) >= 11 is 1.92. The van der Waals surface area contributed by atoms with Crippen molar-refractivity contribution >= 4 is 21.4 Å². The van der Waals surface area contributed by atoms with Gasteiger partial charge in [0.1, 0.15) is 0 Å². The van der Waals surface area contributed by atoms with Crippen molar-refractivity contribution in [2.45, 2.75) is 26.2 Å². The van der Waals surface area contributed by atoms with Gasteiger partial charge >= 0.3 is 0 Å². The average molecular weight is 219 g/mol. The third kappa shape index (κ3) is 1.92. The Bertz CT molecular complexity index is 459. The first kappa shape index (κ1) is 10.7. The minimum absolute atomic E-state index is 0.590. The van der Waals surface area contributed by atoms with Crippen LogP contribution in [0.25, 0.3) is 10.1 Å². The molecule has 1 heterocycles. The van der Waals surface area contributed by atoms with Crippen LogP contribution in [0.15, 0.2) is 24.3 Å². The molecule has 0 bridgehead atoms. The summed E-state index contributed by atoms with van der Waals surface area (Å²) in [5, 5.41) is 1.40. The second-order valence-corrected chi connectivity index (χ2v) is 5.15. The van der Waals surface area contributed by atoms with Gasteiger partial charge in [-0.15, -0.1) is 11.3 Å². The lowest BCUT2D eigenvalue weighted by Gasteiger charge is -2.08. The van der Waals surface area contributed by atoms with Crippen molar-refractivity contribution in [3.63, 3.8) is 0 Å². The van der Waals surface area contributed by atoms with Gasteiger partial charge in [-0.3, -0.25) is 0 Å². The lowest BCUT2D eigenvalue weighted by Crippen LogP contribution is -2.04. The normalized spacial score (nSPS) is 13.3. The van der Waals surface area contributed by atoms with Crippen LogP contribution >= 0.6 is 11.3 Å². The highest BCUT2D eigenvalue weighted by Crippen LogP contribution is 2.36. The Morgan fingerprint density at radius 1 is 1.33 bits per heavy atom. The molecule has 0 amide bonds. The van der Waals surface area contributed by atoms with Crippen molar-refractivity contribution in [2.75, 3.05) is 6.54 Å². The molecule has 1 atom stereocenters. The number of hydrogen-bond donors (Lipinski definition) is 1. The van der Waals surface area contributed by atoms with Gasteiger partial charge in [-0.1, -0.05) is 25.1 Å². The summed E-state index contributed by atoms with van der Waals surface area (Å²) in [6, 6.07) is 8.63. The van der Waals surface area contributed by atoms with E-state index in [4.69, 9.17) is 5.73 Å². The van der Waals surface area contributed by atoms with Crippen LogP contribution in [0.5, 0.6) is 0 Å². The van der Waals surface area contributed by atoms with Crippen LogP contribution in [0, 0.1) is 6.92 Å². The van der Waals surface area contributed by atoms with Crippen LogP contribution < -0.4 is 5.73 Å². The standard InChI is InChI=1S/C13H17NS/c1-9(7-8-14)13-10(2)11-5-3-4-6-12(11)15-13/h3-6,9H,7-8,14H2,1-2H3. The van der Waals surface area contributed by atoms with Crippen molar-refractivity contribution in [2.24, 2.45) is 5.73 Å². The van der Waals surface area contributed by atoms with Gasteiger partial charge < -0.3 is 5.73 Å². The molecule has 0 saturated carbocycles. The molecule has 0 aliphatic heterocycles. The minimum Gasteiger partial charge on any atom is -0.330 e. The summed E-state index contributed by atoms with van der Waals surface area (Å²) in [5.41, 5.74) is 7.06. The molecule has 2 aromatic rings. The Kier molecular flexibility index (Phi) is 3.08. The summed E-state index contributed by atoms with van der Waals surface area (Å²) in [5.74, 6) is 0.590. The van der Waals surface area contributed by atoms with Gasteiger partial charge in [0.2, 0.25) is 0 Å². The predicted octanol–water partition coefficient (Wildman–Crippen LogP) is 3.66. The minimum atomic E-state index is 0.590. The molecule has 1 aromatic heterocycles. The zero-order chi connectivity index (χ0) is 10.8. The Balaban J connectivity index is 2.48. The number of aryl methyl sites for hydroxylation is 1. The zero-order valence-corrected chi connectivity index (χ0v) is 10.1. The molecular weight excluding hydrogens is 202 g/mol. The van der Waals surface area contributed by atoms with Crippen LogP contribution in [0.1, 0.15) is 29.7 Å². The summed E-state index contributed by atoms with van der Waals surface area (Å²) in [6.45, 7) is 5.26. The number of benzene rings is 1. The molecular formula is C13H17NS. The molecule has 1 aromatic carbocycles. The first-order chi connectivity index (χ1) is 7.24. The van der Waals surface area contributed by atoms with Crippen molar-refractivity contribution in [3.8, 4) is 0 Å². The Labute approximate surface area is 94.9 Å². The van der Waals surface area contributed by atoms with E-state index in [-0.39, 0.29) is 0 Å². The molecule has 1 nitrogen and oxygen atoms in total. The molecule has 2 heteroatoms. The van der Waals surface area contributed by atoms with Crippen LogP contribution in [-0.4, -0.2) is 6.54 Å². The second-order valence-electron chi connectivity index (χ2n) is 4.07. The molecule has 0 fully saturated rings. The average Bonchev–Trinajstić information content (AvgIpc) is 2.57. The summed E-state index contributed by atoms with van der Waals surface area (Å²) in [7, 11) is 0. The number of nitrogens with two attached hydrogens (primary N) is 1. The van der Waals surface area contributed by atoms with Gasteiger partial charge in [0.05, 0.1) is 0 Å². The predicted molar refractivity (Wildman–Crippen MR) is 68.6 cm³/mol. The van der Waals surface area contributed by atoms with E-state index in [0.717, 1.165) is 13.0 Å². The quantitative estimate of drug-likeness (QED) is 0.837. The molecule has 2 N–H and O–H groups in total. The molecule has 1 unspecified atom stereocenters. The van der Waals surface area contributed by atoms with E-state index in [1.54, 1.807) is 0 Å². The van der Waals surface area contributed by atoms with Crippen LogP contribution in [0.3, 0.4) is 0 Å². The van der Waals surface area contributed by atoms with E-state index in [9.17, 15) is 0 Å². The second kappa shape index (κ2) is 4.33. The molecule has 0 spiro atoms. The number of fused-ring (bicyclic) bond motifs is 1. The van der Waals surface area contributed by atoms with E-state index >= 15 is 0 Å². The molecule has 0 radical (unpaired) electrons. The van der Waals surface area contributed by atoms with Gasteiger partial charge in [-0.05, 0) is 42.8 Å². The van der Waals surface area contributed by atoms with E-state index in [2.05, 4.69) is 38.1 Å². The van der Waals surface area contributed by atoms with Crippen molar-refractivity contribution in [1.29, 1.82) is 0 Å². The first-order valence-electron chi connectivity index (χ1n) is 5.42. The monoisotopic (exact) mass is 219 g/mol. The van der Waals surface area contributed by atoms with Crippen molar-refractivity contribution < 1.29 is 0 Å². The summed E-state index contributed by atoms with van der Waals surface area (Å²) in [4.78, 5) is 1.50. The van der Waals surface area contributed by atoms with Crippen molar-refractivity contribution in [3.05, 3.63) is 34.7 Å². The van der Waals surface area contributed by atoms with Crippen LogP contribution in [-0.2, 0) is 0 Å². The Hall–Kier alpha value is -0.860. The van der Waals surface area contributed by atoms with Crippen molar-refractivity contribution in [1.82, 2.24) is 0 Å². The SMILES string of the molecule is Cc1c(C(C)CCN)sc2ccccc12. The molecule has 80 valence electrons. The van der Waals surface area contributed by atoms with Gasteiger partial charge in [0.25, 0.3) is 0 Å². The third-order valence-corrected chi connectivity index (χ3v) is 4.43. The molecule has 15 heavy (non-hydrogen) atoms. The van der Waals surface area contributed by atoms with Gasteiger partial charge in [0, 0.05) is 9.58 Å². The molecule has 0 aliphatic rings. The lowest BCUT2D eigenvalue weighted by molar-refractivity contribution is 0.699. The molecule has 0 saturated heterocycles. The fourth-order valence-corrected chi connectivity index (χ4v) is 3.34. The van der Waals surface area contributed by atoms with Crippen LogP contribution in [0.2, 0.25) is 0 Å². The Morgan fingerprint density at radius 2 is 2.07 bits per heavy atom. The fraction of sp³-hybridized carbons (Fsp3) is 0.385. The summed E-state index contributed by atoms with van der Waals surface area (Å²) < 4.78 is 1.40. The van der Waals surface area contributed by atoms with Gasteiger partial charge in [-0.25, -0.2) is 0 Å². The number of hydrogen-bond acceptors (Lipinski definition) is 2. The van der Waals surface area contributed by atoms with Gasteiger partial charge in [-0.2, -0.15) is 0 Å². The fourth-order valence-electron chi connectivity index (χ4n) is 2.04. The Morgan fingerprint density at radius 3 is 2.73 bits per heavy atom. The largest absolute Gasteiger partial charge is 0.330 e. The van der Waals surface area contributed by atoms with E-state index in [1.165, 1.54) is 20.5 Å². The maximum atomic E-state index is 5.62. The molecule has 2 rings (SSSR count). The topological polar surface area (TPSA) is 26.0 Å². The smallest absolute Gasteiger partial charge is 0.0348 e. The zero-order valence-electron chi connectivity index (χ0n) is 9.29. The number of thiophene rings is 1. The van der Waals surface area contributed by atoms with E-state index in [1.807, 2.05) is 11.3 Å². The summed E-state index contributed by atoms with van der Waals surface area (Å²) in [6.07, 6.45) is 1.08. The molecule has 0 aliphatic carbocycles.